The fraction of sp³-hybridized carbons (Fsp3) is 0.667. The van der Waals surface area contributed by atoms with Gasteiger partial charge in [-0.15, -0.1) is 0 Å². The minimum Gasteiger partial charge on any atom is -0.348 e. The molecular weight excluding hydrogens is 216 g/mol. The Bertz CT molecular complexity index is 393. The van der Waals surface area contributed by atoms with Crippen molar-refractivity contribution >= 4 is 5.91 Å². The van der Waals surface area contributed by atoms with Crippen molar-refractivity contribution in [1.29, 1.82) is 0 Å². The topological polar surface area (TPSA) is 59.0 Å². The van der Waals surface area contributed by atoms with Crippen molar-refractivity contribution in [2.24, 2.45) is 7.05 Å². The standard InChI is InChI=1S/C12H20N4O/c1-3-11-10(8-16(2)15-11)12(17)14-9-5-4-6-13-7-9/h8-9,13H,3-7H2,1-2H3,(H,14,17)/t9-/m1/s1. The molecule has 2 rings (SSSR count). The molecule has 5 heteroatoms. The smallest absolute Gasteiger partial charge is 0.255 e. The van der Waals surface area contributed by atoms with Crippen LogP contribution in [0.15, 0.2) is 6.20 Å². The SMILES string of the molecule is CCc1nn(C)cc1C(=O)N[C@@H]1CCCNC1. The number of carbonyl (C=O) groups is 1. The molecule has 1 fully saturated rings. The maximum Gasteiger partial charge on any atom is 0.255 e. The fourth-order valence-corrected chi connectivity index (χ4v) is 2.22. The van der Waals surface area contributed by atoms with Crippen LogP contribution in [0.2, 0.25) is 0 Å². The fourth-order valence-electron chi connectivity index (χ4n) is 2.22. The van der Waals surface area contributed by atoms with Gasteiger partial charge in [0.25, 0.3) is 5.91 Å². The van der Waals surface area contributed by atoms with Crippen LogP contribution in [0.3, 0.4) is 0 Å². The van der Waals surface area contributed by atoms with Crippen LogP contribution in [0, 0.1) is 0 Å². The quantitative estimate of drug-likeness (QED) is 0.802. The third-order valence-corrected chi connectivity index (χ3v) is 3.12. The second kappa shape index (κ2) is 5.31. The zero-order valence-corrected chi connectivity index (χ0v) is 10.5. The Morgan fingerprint density at radius 1 is 1.71 bits per heavy atom. The Morgan fingerprint density at radius 3 is 3.18 bits per heavy atom. The van der Waals surface area contributed by atoms with Gasteiger partial charge in [-0.25, -0.2) is 0 Å². The summed E-state index contributed by atoms with van der Waals surface area (Å²) >= 11 is 0. The normalized spacial score (nSPS) is 20.2. The highest BCUT2D eigenvalue weighted by atomic mass is 16.1. The molecule has 0 spiro atoms. The Balaban J connectivity index is 2.02. The highest BCUT2D eigenvalue weighted by Gasteiger charge is 2.19. The number of nitrogens with one attached hydrogen (secondary N) is 2. The maximum absolute atomic E-state index is 12.1. The molecule has 17 heavy (non-hydrogen) atoms. The maximum atomic E-state index is 12.1. The predicted octanol–water partition coefficient (Wildman–Crippen LogP) is 0.464. The zero-order chi connectivity index (χ0) is 12.3. The molecule has 94 valence electrons. The first-order valence-corrected chi connectivity index (χ1v) is 6.24. The molecule has 0 bridgehead atoms. The van der Waals surface area contributed by atoms with Gasteiger partial charge in [-0.05, 0) is 25.8 Å². The van der Waals surface area contributed by atoms with Crippen LogP contribution in [-0.2, 0) is 13.5 Å². The van der Waals surface area contributed by atoms with E-state index in [9.17, 15) is 4.79 Å². The molecule has 0 radical (unpaired) electrons. The van der Waals surface area contributed by atoms with Crippen molar-refractivity contribution < 1.29 is 4.79 Å². The highest BCUT2D eigenvalue weighted by molar-refractivity contribution is 5.95. The van der Waals surface area contributed by atoms with E-state index in [2.05, 4.69) is 15.7 Å². The van der Waals surface area contributed by atoms with Crippen LogP contribution >= 0.6 is 0 Å². The molecule has 0 unspecified atom stereocenters. The molecule has 1 atom stereocenters. The monoisotopic (exact) mass is 236 g/mol. The molecule has 1 saturated heterocycles. The molecular formula is C12H20N4O. The van der Waals surface area contributed by atoms with Gasteiger partial charge in [-0.1, -0.05) is 6.92 Å². The lowest BCUT2D eigenvalue weighted by Gasteiger charge is -2.23. The van der Waals surface area contributed by atoms with Crippen molar-refractivity contribution in [3.05, 3.63) is 17.5 Å². The first kappa shape index (κ1) is 12.1. The van der Waals surface area contributed by atoms with E-state index in [0.29, 0.717) is 5.56 Å². The van der Waals surface area contributed by atoms with E-state index in [1.54, 1.807) is 10.9 Å². The molecule has 2 heterocycles. The second-order valence-corrected chi connectivity index (χ2v) is 4.53. The van der Waals surface area contributed by atoms with Gasteiger partial charge in [0.05, 0.1) is 11.3 Å². The predicted molar refractivity (Wildman–Crippen MR) is 65.9 cm³/mol. The largest absolute Gasteiger partial charge is 0.348 e. The molecule has 1 aromatic heterocycles. The van der Waals surface area contributed by atoms with Crippen molar-refractivity contribution in [3.8, 4) is 0 Å². The van der Waals surface area contributed by atoms with Gasteiger partial charge < -0.3 is 10.6 Å². The van der Waals surface area contributed by atoms with E-state index in [1.807, 2.05) is 14.0 Å². The van der Waals surface area contributed by atoms with Gasteiger partial charge >= 0.3 is 0 Å². The zero-order valence-electron chi connectivity index (χ0n) is 10.5. The number of aryl methyl sites for hydroxylation is 2. The number of amides is 1. The van der Waals surface area contributed by atoms with Crippen molar-refractivity contribution in [1.82, 2.24) is 20.4 Å². The molecule has 2 N–H and O–H groups in total. The summed E-state index contributed by atoms with van der Waals surface area (Å²) in [4.78, 5) is 12.1. The summed E-state index contributed by atoms with van der Waals surface area (Å²) in [6, 6.07) is 0.251. The minimum absolute atomic E-state index is 0.00338. The number of rotatable bonds is 3. The number of carbonyl (C=O) groups excluding carboxylic acids is 1. The summed E-state index contributed by atoms with van der Waals surface area (Å²) in [5.74, 6) is 0.00338. The van der Waals surface area contributed by atoms with Crippen molar-refractivity contribution in [2.45, 2.75) is 32.2 Å². The van der Waals surface area contributed by atoms with E-state index in [0.717, 1.165) is 38.0 Å². The average molecular weight is 236 g/mol. The molecule has 1 aliphatic heterocycles. The summed E-state index contributed by atoms with van der Waals surface area (Å²) in [6.45, 7) is 3.94. The Morgan fingerprint density at radius 2 is 2.53 bits per heavy atom. The number of hydrogen-bond acceptors (Lipinski definition) is 3. The minimum atomic E-state index is 0.00338. The summed E-state index contributed by atoms with van der Waals surface area (Å²) in [5, 5.41) is 10.6. The highest BCUT2D eigenvalue weighted by Crippen LogP contribution is 2.09. The lowest BCUT2D eigenvalue weighted by Crippen LogP contribution is -2.45. The Labute approximate surface area is 102 Å². The number of nitrogens with zero attached hydrogens (tertiary/aromatic N) is 2. The van der Waals surface area contributed by atoms with Crippen LogP contribution in [0.4, 0.5) is 0 Å². The summed E-state index contributed by atoms with van der Waals surface area (Å²) in [7, 11) is 1.85. The molecule has 0 saturated carbocycles. The summed E-state index contributed by atoms with van der Waals surface area (Å²) in [6.07, 6.45) is 4.76. The first-order valence-electron chi connectivity index (χ1n) is 6.24. The second-order valence-electron chi connectivity index (χ2n) is 4.53. The number of aromatic nitrogens is 2. The van der Waals surface area contributed by atoms with Crippen molar-refractivity contribution in [2.75, 3.05) is 13.1 Å². The van der Waals surface area contributed by atoms with E-state index in [1.165, 1.54) is 0 Å². The third-order valence-electron chi connectivity index (χ3n) is 3.12. The summed E-state index contributed by atoms with van der Waals surface area (Å²) < 4.78 is 1.70. The molecule has 1 amide bonds. The Kier molecular flexibility index (Phi) is 3.78. The van der Waals surface area contributed by atoms with Crippen LogP contribution in [0.5, 0.6) is 0 Å². The van der Waals surface area contributed by atoms with Crippen molar-refractivity contribution in [3.63, 3.8) is 0 Å². The molecule has 0 aromatic carbocycles. The number of piperidine rings is 1. The first-order chi connectivity index (χ1) is 8.20. The van der Waals surface area contributed by atoms with E-state index in [-0.39, 0.29) is 11.9 Å². The van der Waals surface area contributed by atoms with Crippen LogP contribution in [-0.4, -0.2) is 34.8 Å². The van der Waals surface area contributed by atoms with Gasteiger partial charge in [0.1, 0.15) is 0 Å². The lowest BCUT2D eigenvalue weighted by atomic mass is 10.1. The van der Waals surface area contributed by atoms with Crippen LogP contribution < -0.4 is 10.6 Å². The molecule has 1 aliphatic rings. The van der Waals surface area contributed by atoms with E-state index >= 15 is 0 Å². The summed E-state index contributed by atoms with van der Waals surface area (Å²) in [5.41, 5.74) is 1.58. The number of hydrogen-bond donors (Lipinski definition) is 2. The van der Waals surface area contributed by atoms with E-state index < -0.39 is 0 Å². The van der Waals surface area contributed by atoms with Crippen LogP contribution in [0.25, 0.3) is 0 Å². The van der Waals surface area contributed by atoms with Gasteiger partial charge in [0.15, 0.2) is 0 Å². The van der Waals surface area contributed by atoms with Gasteiger partial charge in [0, 0.05) is 25.8 Å². The van der Waals surface area contributed by atoms with Gasteiger partial charge in [0.2, 0.25) is 0 Å². The molecule has 0 aliphatic carbocycles. The van der Waals surface area contributed by atoms with Crippen LogP contribution in [0.1, 0.15) is 35.8 Å². The lowest BCUT2D eigenvalue weighted by molar-refractivity contribution is 0.0929. The molecule has 5 nitrogen and oxygen atoms in total. The third kappa shape index (κ3) is 2.85. The molecule has 1 aromatic rings. The van der Waals surface area contributed by atoms with Gasteiger partial charge in [-0.3, -0.25) is 9.48 Å². The Hall–Kier alpha value is -1.36. The van der Waals surface area contributed by atoms with E-state index in [4.69, 9.17) is 0 Å². The average Bonchev–Trinajstić information content (AvgIpc) is 2.72. The van der Waals surface area contributed by atoms with Gasteiger partial charge in [-0.2, -0.15) is 5.10 Å².